The molecule has 0 fully saturated rings. The Labute approximate surface area is 133 Å². The number of hydrogen-bond acceptors (Lipinski definition) is 6. The van der Waals surface area contributed by atoms with Gasteiger partial charge in [0.1, 0.15) is 6.61 Å². The number of benzene rings is 1. The molecule has 0 aliphatic carbocycles. The van der Waals surface area contributed by atoms with Crippen LogP contribution in [-0.2, 0) is 13.2 Å². The van der Waals surface area contributed by atoms with E-state index in [4.69, 9.17) is 15.2 Å². The number of thiophene rings is 1. The molecule has 0 amide bonds. The van der Waals surface area contributed by atoms with Gasteiger partial charge < -0.3 is 15.2 Å². The third-order valence-electron chi connectivity index (χ3n) is 2.83. The standard InChI is InChI=1S/C13H13BrN2O4S/c1-19-11-4-8(6-15)10(16(17)18)5-12(11)20-7-13-9(14)2-3-21-13/h2-5H,6-7,15H2,1H3. The lowest BCUT2D eigenvalue weighted by molar-refractivity contribution is -0.385. The van der Waals surface area contributed by atoms with Crippen molar-refractivity contribution in [1.82, 2.24) is 0 Å². The van der Waals surface area contributed by atoms with Gasteiger partial charge in [0.05, 0.1) is 23.0 Å². The van der Waals surface area contributed by atoms with E-state index >= 15 is 0 Å². The number of rotatable bonds is 6. The zero-order valence-corrected chi connectivity index (χ0v) is 13.6. The van der Waals surface area contributed by atoms with Crippen LogP contribution in [0, 0.1) is 10.1 Å². The van der Waals surface area contributed by atoms with Crippen LogP contribution >= 0.6 is 27.3 Å². The smallest absolute Gasteiger partial charge is 0.277 e. The molecule has 0 bridgehead atoms. The summed E-state index contributed by atoms with van der Waals surface area (Å²) in [5.41, 5.74) is 5.86. The molecule has 0 aliphatic rings. The molecule has 0 spiro atoms. The second kappa shape index (κ2) is 6.88. The van der Waals surface area contributed by atoms with Crippen LogP contribution in [-0.4, -0.2) is 12.0 Å². The molecule has 2 N–H and O–H groups in total. The Morgan fingerprint density at radius 2 is 2.19 bits per heavy atom. The van der Waals surface area contributed by atoms with Crippen LogP contribution in [0.2, 0.25) is 0 Å². The molecular formula is C13H13BrN2O4S. The first-order chi connectivity index (χ1) is 10.1. The molecule has 6 nitrogen and oxygen atoms in total. The topological polar surface area (TPSA) is 87.6 Å². The summed E-state index contributed by atoms with van der Waals surface area (Å²) in [4.78, 5) is 11.6. The van der Waals surface area contributed by atoms with Gasteiger partial charge in [0.2, 0.25) is 0 Å². The monoisotopic (exact) mass is 372 g/mol. The molecule has 8 heteroatoms. The normalized spacial score (nSPS) is 10.4. The maximum absolute atomic E-state index is 11.1. The molecule has 21 heavy (non-hydrogen) atoms. The second-order valence-electron chi connectivity index (χ2n) is 4.07. The summed E-state index contributed by atoms with van der Waals surface area (Å²) >= 11 is 4.94. The largest absolute Gasteiger partial charge is 0.493 e. The zero-order valence-electron chi connectivity index (χ0n) is 11.2. The number of nitro groups is 1. The highest BCUT2D eigenvalue weighted by Gasteiger charge is 2.19. The summed E-state index contributed by atoms with van der Waals surface area (Å²) in [6.07, 6.45) is 0. The summed E-state index contributed by atoms with van der Waals surface area (Å²) in [7, 11) is 1.48. The lowest BCUT2D eigenvalue weighted by Gasteiger charge is -2.12. The molecule has 2 aromatic rings. The van der Waals surface area contributed by atoms with Crippen molar-refractivity contribution in [1.29, 1.82) is 0 Å². The minimum absolute atomic E-state index is 0.0590. The highest BCUT2D eigenvalue weighted by molar-refractivity contribution is 9.10. The van der Waals surface area contributed by atoms with Crippen molar-refractivity contribution >= 4 is 33.0 Å². The molecule has 0 saturated heterocycles. The summed E-state index contributed by atoms with van der Waals surface area (Å²) in [5, 5.41) is 13.0. The van der Waals surface area contributed by atoms with Gasteiger partial charge in [-0.3, -0.25) is 10.1 Å². The minimum atomic E-state index is -0.477. The lowest BCUT2D eigenvalue weighted by atomic mass is 10.1. The van der Waals surface area contributed by atoms with Crippen LogP contribution in [0.5, 0.6) is 11.5 Å². The maximum atomic E-state index is 11.1. The van der Waals surface area contributed by atoms with E-state index in [9.17, 15) is 10.1 Å². The number of ether oxygens (including phenoxy) is 2. The summed E-state index contributed by atoms with van der Waals surface area (Å²) in [6.45, 7) is 0.358. The van der Waals surface area contributed by atoms with Crippen molar-refractivity contribution in [3.05, 3.63) is 48.6 Å². The van der Waals surface area contributed by atoms with E-state index < -0.39 is 4.92 Å². The summed E-state index contributed by atoms with van der Waals surface area (Å²) in [5.74, 6) is 0.746. The molecule has 1 aromatic heterocycles. The first-order valence-electron chi connectivity index (χ1n) is 5.96. The van der Waals surface area contributed by atoms with Gasteiger partial charge in [-0.05, 0) is 33.4 Å². The number of halogens is 1. The molecule has 1 heterocycles. The molecule has 0 radical (unpaired) electrons. The third-order valence-corrected chi connectivity index (χ3v) is 4.73. The van der Waals surface area contributed by atoms with Gasteiger partial charge in [-0.25, -0.2) is 0 Å². The van der Waals surface area contributed by atoms with Crippen molar-refractivity contribution in [3.63, 3.8) is 0 Å². The van der Waals surface area contributed by atoms with E-state index in [0.29, 0.717) is 23.7 Å². The van der Waals surface area contributed by atoms with Gasteiger partial charge in [0.25, 0.3) is 5.69 Å². The van der Waals surface area contributed by atoms with Crippen molar-refractivity contribution < 1.29 is 14.4 Å². The Kier molecular flexibility index (Phi) is 5.16. The fourth-order valence-electron chi connectivity index (χ4n) is 1.77. The second-order valence-corrected chi connectivity index (χ2v) is 5.93. The third kappa shape index (κ3) is 3.52. The fourth-order valence-corrected chi connectivity index (χ4v) is 3.15. The van der Waals surface area contributed by atoms with Crippen LogP contribution in [0.25, 0.3) is 0 Å². The minimum Gasteiger partial charge on any atom is -0.493 e. The Morgan fingerprint density at radius 1 is 1.43 bits per heavy atom. The number of hydrogen-bond donors (Lipinski definition) is 1. The average Bonchev–Trinajstić information content (AvgIpc) is 2.89. The van der Waals surface area contributed by atoms with Crippen LogP contribution in [0.3, 0.4) is 0 Å². The van der Waals surface area contributed by atoms with Crippen molar-refractivity contribution in [2.24, 2.45) is 5.73 Å². The van der Waals surface area contributed by atoms with Gasteiger partial charge >= 0.3 is 0 Å². The van der Waals surface area contributed by atoms with Gasteiger partial charge in [-0.15, -0.1) is 11.3 Å². The lowest BCUT2D eigenvalue weighted by Crippen LogP contribution is -2.04. The van der Waals surface area contributed by atoms with Gasteiger partial charge in [0.15, 0.2) is 11.5 Å². The number of nitrogens with zero attached hydrogens (tertiary/aromatic N) is 1. The molecule has 0 atom stereocenters. The molecular weight excluding hydrogens is 360 g/mol. The Morgan fingerprint density at radius 3 is 2.71 bits per heavy atom. The molecule has 2 rings (SSSR count). The zero-order chi connectivity index (χ0) is 15.4. The van der Waals surface area contributed by atoms with Crippen molar-refractivity contribution in [3.8, 4) is 11.5 Å². The van der Waals surface area contributed by atoms with Crippen LogP contribution in [0.4, 0.5) is 5.69 Å². The highest BCUT2D eigenvalue weighted by Crippen LogP contribution is 2.35. The summed E-state index contributed by atoms with van der Waals surface area (Å²) in [6, 6.07) is 4.81. The summed E-state index contributed by atoms with van der Waals surface area (Å²) < 4.78 is 11.8. The van der Waals surface area contributed by atoms with Gasteiger partial charge in [-0.1, -0.05) is 0 Å². The fraction of sp³-hybridized carbons (Fsp3) is 0.231. The van der Waals surface area contributed by atoms with Gasteiger partial charge in [0, 0.05) is 16.6 Å². The molecule has 0 saturated carbocycles. The van der Waals surface area contributed by atoms with E-state index in [1.54, 1.807) is 0 Å². The van der Waals surface area contributed by atoms with E-state index in [0.717, 1.165) is 9.35 Å². The quantitative estimate of drug-likeness (QED) is 0.619. The predicted molar refractivity (Wildman–Crippen MR) is 83.9 cm³/mol. The molecule has 1 aromatic carbocycles. The number of methoxy groups -OCH3 is 1. The van der Waals surface area contributed by atoms with Crippen LogP contribution in [0.1, 0.15) is 10.4 Å². The Hall–Kier alpha value is -1.64. The predicted octanol–water partition coefficient (Wildman–Crippen LogP) is 3.47. The Balaban J connectivity index is 2.31. The van der Waals surface area contributed by atoms with Crippen molar-refractivity contribution in [2.75, 3.05) is 7.11 Å². The van der Waals surface area contributed by atoms with Crippen molar-refractivity contribution in [2.45, 2.75) is 13.2 Å². The van der Waals surface area contributed by atoms with E-state index in [2.05, 4.69) is 15.9 Å². The maximum Gasteiger partial charge on any atom is 0.277 e. The molecule has 112 valence electrons. The van der Waals surface area contributed by atoms with E-state index in [-0.39, 0.29) is 12.2 Å². The number of nitro benzene ring substituents is 1. The first-order valence-corrected chi connectivity index (χ1v) is 7.64. The average molecular weight is 373 g/mol. The SMILES string of the molecule is COc1cc(CN)c([N+](=O)[O-])cc1OCc1sccc1Br. The first kappa shape index (κ1) is 15.7. The highest BCUT2D eigenvalue weighted by atomic mass is 79.9. The number of nitrogens with two attached hydrogens (primary N) is 1. The van der Waals surface area contributed by atoms with Crippen LogP contribution in [0.15, 0.2) is 28.1 Å². The molecule has 0 unspecified atom stereocenters. The van der Waals surface area contributed by atoms with E-state index in [1.165, 1.54) is 30.6 Å². The van der Waals surface area contributed by atoms with Gasteiger partial charge in [-0.2, -0.15) is 0 Å². The Bertz CT molecular complexity index is 660. The molecule has 0 aliphatic heterocycles. The van der Waals surface area contributed by atoms with Crippen LogP contribution < -0.4 is 15.2 Å². The van der Waals surface area contributed by atoms with E-state index in [1.807, 2.05) is 11.4 Å².